The van der Waals surface area contributed by atoms with Crippen LogP contribution in [0.3, 0.4) is 0 Å². The molecule has 0 radical (unpaired) electrons. The topological polar surface area (TPSA) is 0 Å². The molecule has 0 aliphatic rings. The molecule has 0 saturated heterocycles. The molecule has 0 bridgehead atoms. The third-order valence-corrected chi connectivity index (χ3v) is 8.74. The molecule has 0 fully saturated rings. The van der Waals surface area contributed by atoms with Crippen molar-refractivity contribution in [2.75, 3.05) is 0 Å². The molecular formula is C46H38. The van der Waals surface area contributed by atoms with Crippen LogP contribution in [0.2, 0.25) is 0 Å². The Labute approximate surface area is 273 Å². The molecule has 0 unspecified atom stereocenters. The lowest BCUT2D eigenvalue weighted by Crippen LogP contribution is -1.89. The fraction of sp³-hybridized carbons (Fsp3) is 0.0870. The molecule has 0 N–H and O–H groups in total. The summed E-state index contributed by atoms with van der Waals surface area (Å²) >= 11 is 0. The largest absolute Gasteiger partial charge is 0.0622 e. The van der Waals surface area contributed by atoms with Crippen molar-refractivity contribution in [1.29, 1.82) is 0 Å². The average molecular weight is 591 g/mol. The second kappa shape index (κ2) is 12.5. The maximum atomic E-state index is 2.34. The summed E-state index contributed by atoms with van der Waals surface area (Å²) in [6, 6.07) is 58.1. The molecule has 7 aromatic carbocycles. The molecule has 0 saturated carbocycles. The molecule has 0 aliphatic heterocycles. The van der Waals surface area contributed by atoms with Crippen molar-refractivity contribution in [3.05, 3.63) is 180 Å². The van der Waals surface area contributed by atoms with Crippen molar-refractivity contribution in [2.45, 2.75) is 27.7 Å². The number of benzene rings is 7. The van der Waals surface area contributed by atoms with Gasteiger partial charge < -0.3 is 0 Å². The summed E-state index contributed by atoms with van der Waals surface area (Å²) < 4.78 is 0. The van der Waals surface area contributed by atoms with E-state index in [0.717, 1.165) is 0 Å². The van der Waals surface area contributed by atoms with Crippen LogP contribution in [-0.4, -0.2) is 0 Å². The van der Waals surface area contributed by atoms with Gasteiger partial charge in [0.2, 0.25) is 0 Å². The normalized spacial score (nSPS) is 11.0. The van der Waals surface area contributed by atoms with Gasteiger partial charge in [-0.1, -0.05) is 144 Å². The monoisotopic (exact) mass is 590 g/mol. The van der Waals surface area contributed by atoms with Crippen molar-refractivity contribution in [3.8, 4) is 66.8 Å². The second-order valence-corrected chi connectivity index (χ2v) is 12.7. The molecule has 0 aromatic heterocycles. The van der Waals surface area contributed by atoms with Gasteiger partial charge in [0.05, 0.1) is 0 Å². The number of rotatable bonds is 6. The first kappa shape index (κ1) is 29.3. The van der Waals surface area contributed by atoms with Crippen LogP contribution in [0.4, 0.5) is 0 Å². The van der Waals surface area contributed by atoms with Crippen LogP contribution in [0.1, 0.15) is 22.3 Å². The van der Waals surface area contributed by atoms with Crippen molar-refractivity contribution in [3.63, 3.8) is 0 Å². The van der Waals surface area contributed by atoms with E-state index in [2.05, 4.69) is 185 Å². The minimum Gasteiger partial charge on any atom is -0.0622 e. The van der Waals surface area contributed by atoms with Gasteiger partial charge in [-0.05, 0) is 131 Å². The minimum atomic E-state index is 1.21. The van der Waals surface area contributed by atoms with Gasteiger partial charge in [0.1, 0.15) is 0 Å². The summed E-state index contributed by atoms with van der Waals surface area (Å²) in [5.74, 6) is 0. The molecule has 0 heterocycles. The van der Waals surface area contributed by atoms with Crippen LogP contribution in [0.5, 0.6) is 0 Å². The van der Waals surface area contributed by atoms with E-state index in [-0.39, 0.29) is 0 Å². The fourth-order valence-electron chi connectivity index (χ4n) is 6.65. The quantitative estimate of drug-likeness (QED) is 0.181. The Morgan fingerprint density at radius 1 is 0.196 bits per heavy atom. The molecule has 0 heteroatoms. The molecule has 0 amide bonds. The average Bonchev–Trinajstić information content (AvgIpc) is 3.08. The standard InChI is InChI=1S/C46H38/c1-31-19-32(2)22-39(21-31)45-27-41(35-11-7-5-8-12-35)25-43(29-45)37-15-17-38(18-16-37)44-26-42(36-13-9-6-10-14-36)28-46(30-44)40-23-33(3)20-34(4)24-40/h5-30H,1-4H3. The highest BCUT2D eigenvalue weighted by Crippen LogP contribution is 2.37. The molecule has 222 valence electrons. The smallest absolute Gasteiger partial charge is 0.0171 e. The minimum absolute atomic E-state index is 1.21. The van der Waals surface area contributed by atoms with Crippen LogP contribution >= 0.6 is 0 Å². The van der Waals surface area contributed by atoms with Crippen LogP contribution in [-0.2, 0) is 0 Å². The molecule has 7 aromatic rings. The molecule has 0 nitrogen and oxygen atoms in total. The Morgan fingerprint density at radius 2 is 0.413 bits per heavy atom. The Morgan fingerprint density at radius 3 is 0.696 bits per heavy atom. The van der Waals surface area contributed by atoms with Gasteiger partial charge in [0.15, 0.2) is 0 Å². The van der Waals surface area contributed by atoms with Crippen molar-refractivity contribution in [1.82, 2.24) is 0 Å². The highest BCUT2D eigenvalue weighted by molar-refractivity contribution is 5.84. The first-order valence-corrected chi connectivity index (χ1v) is 16.1. The molecule has 7 rings (SSSR count). The van der Waals surface area contributed by atoms with Gasteiger partial charge in [0, 0.05) is 0 Å². The SMILES string of the molecule is Cc1cc(C)cc(-c2cc(-c3ccccc3)cc(-c3ccc(-c4cc(-c5ccccc5)cc(-c5cc(C)cc(C)c5)c4)cc3)c2)c1. The molecule has 0 aliphatic carbocycles. The first-order chi connectivity index (χ1) is 22.4. The molecule has 0 atom stereocenters. The van der Waals surface area contributed by atoms with E-state index in [1.54, 1.807) is 0 Å². The van der Waals surface area contributed by atoms with E-state index in [4.69, 9.17) is 0 Å². The van der Waals surface area contributed by atoms with Crippen LogP contribution in [0.25, 0.3) is 66.8 Å². The molecule has 46 heavy (non-hydrogen) atoms. The van der Waals surface area contributed by atoms with Gasteiger partial charge in [-0.2, -0.15) is 0 Å². The van der Waals surface area contributed by atoms with Gasteiger partial charge in [-0.25, -0.2) is 0 Å². The van der Waals surface area contributed by atoms with Gasteiger partial charge >= 0.3 is 0 Å². The van der Waals surface area contributed by atoms with E-state index >= 15 is 0 Å². The van der Waals surface area contributed by atoms with Gasteiger partial charge in [-0.3, -0.25) is 0 Å². The number of aryl methyl sites for hydroxylation is 4. The Bertz CT molecular complexity index is 1950. The Kier molecular flexibility index (Phi) is 7.95. The summed E-state index contributed by atoms with van der Waals surface area (Å²) in [5, 5.41) is 0. The summed E-state index contributed by atoms with van der Waals surface area (Å²) in [7, 11) is 0. The van der Waals surface area contributed by atoms with Crippen molar-refractivity contribution >= 4 is 0 Å². The predicted molar refractivity (Wildman–Crippen MR) is 198 cm³/mol. The number of hydrogen-bond acceptors (Lipinski definition) is 0. The Balaban J connectivity index is 1.32. The van der Waals surface area contributed by atoms with Gasteiger partial charge in [-0.15, -0.1) is 0 Å². The predicted octanol–water partition coefficient (Wildman–Crippen LogP) is 12.9. The van der Waals surface area contributed by atoms with E-state index in [0.29, 0.717) is 0 Å². The Hall–Kier alpha value is -5.46. The lowest BCUT2D eigenvalue weighted by molar-refractivity contribution is 1.38. The summed E-state index contributed by atoms with van der Waals surface area (Å²) in [4.78, 5) is 0. The summed E-state index contributed by atoms with van der Waals surface area (Å²) in [6.07, 6.45) is 0. The zero-order chi connectivity index (χ0) is 31.6. The maximum absolute atomic E-state index is 2.34. The van der Waals surface area contributed by atoms with Crippen LogP contribution in [0.15, 0.2) is 158 Å². The van der Waals surface area contributed by atoms with Crippen LogP contribution < -0.4 is 0 Å². The van der Waals surface area contributed by atoms with Gasteiger partial charge in [0.25, 0.3) is 0 Å². The maximum Gasteiger partial charge on any atom is -0.0171 e. The zero-order valence-electron chi connectivity index (χ0n) is 27.0. The molecular weight excluding hydrogens is 553 g/mol. The second-order valence-electron chi connectivity index (χ2n) is 12.7. The van der Waals surface area contributed by atoms with Crippen molar-refractivity contribution < 1.29 is 0 Å². The number of hydrogen-bond donors (Lipinski definition) is 0. The van der Waals surface area contributed by atoms with E-state index < -0.39 is 0 Å². The summed E-state index contributed by atoms with van der Waals surface area (Å²) in [5.41, 5.74) is 19.9. The highest BCUT2D eigenvalue weighted by atomic mass is 14.2. The van der Waals surface area contributed by atoms with E-state index in [1.165, 1.54) is 89.0 Å². The summed E-state index contributed by atoms with van der Waals surface area (Å²) in [6.45, 7) is 8.70. The molecule has 0 spiro atoms. The zero-order valence-corrected chi connectivity index (χ0v) is 27.0. The third-order valence-electron chi connectivity index (χ3n) is 8.74. The lowest BCUT2D eigenvalue weighted by Gasteiger charge is -2.14. The van der Waals surface area contributed by atoms with E-state index in [1.807, 2.05) is 0 Å². The van der Waals surface area contributed by atoms with E-state index in [9.17, 15) is 0 Å². The lowest BCUT2D eigenvalue weighted by atomic mass is 9.90. The first-order valence-electron chi connectivity index (χ1n) is 16.1. The fourth-order valence-corrected chi connectivity index (χ4v) is 6.65. The van der Waals surface area contributed by atoms with Crippen molar-refractivity contribution in [2.24, 2.45) is 0 Å². The third kappa shape index (κ3) is 6.34. The highest BCUT2D eigenvalue weighted by Gasteiger charge is 2.11. The van der Waals surface area contributed by atoms with Crippen LogP contribution in [0, 0.1) is 27.7 Å².